The van der Waals surface area contributed by atoms with Gasteiger partial charge < -0.3 is 10.2 Å². The van der Waals surface area contributed by atoms with E-state index >= 15 is 0 Å². The summed E-state index contributed by atoms with van der Waals surface area (Å²) in [5.74, 6) is 9.00. The fourth-order valence-electron chi connectivity index (χ4n) is 0.486. The number of hydrogen-bond donors (Lipinski definition) is 2. The quantitative estimate of drug-likeness (QED) is 0.463. The number of carbonyl (C=O) groups excluding carboxylic acids is 1. The average molecular weight is 180 g/mol. The second-order valence-corrected chi connectivity index (χ2v) is 2.34. The molecule has 0 aromatic rings. The Morgan fingerprint density at radius 3 is 2.69 bits per heavy atom. The molecule has 3 nitrogen and oxygen atoms in total. The lowest BCUT2D eigenvalue weighted by Crippen LogP contribution is -1.98. The fourth-order valence-corrected chi connectivity index (χ4v) is 0.486. The number of carbonyl (C=O) groups is 1. The molecule has 0 aromatic heterocycles. The van der Waals surface area contributed by atoms with Gasteiger partial charge in [0.1, 0.15) is 6.10 Å². The molecule has 2 N–H and O–H groups in total. The van der Waals surface area contributed by atoms with Crippen LogP contribution in [0.5, 0.6) is 0 Å². The molecule has 0 rings (SSSR count). The van der Waals surface area contributed by atoms with Gasteiger partial charge in [0.2, 0.25) is 5.78 Å². The van der Waals surface area contributed by atoms with Crippen molar-refractivity contribution in [2.24, 2.45) is 0 Å². The van der Waals surface area contributed by atoms with Crippen LogP contribution >= 0.6 is 0 Å². The minimum atomic E-state index is -0.678. The first-order valence-corrected chi connectivity index (χ1v) is 4.04. The highest BCUT2D eigenvalue weighted by molar-refractivity contribution is 5.95. The highest BCUT2D eigenvalue weighted by Gasteiger charge is 1.92. The van der Waals surface area contributed by atoms with Gasteiger partial charge in [0.05, 0.1) is 6.61 Å². The van der Waals surface area contributed by atoms with Crippen LogP contribution in [0, 0.1) is 23.7 Å². The van der Waals surface area contributed by atoms with Gasteiger partial charge in [-0.3, -0.25) is 4.79 Å². The number of hydrogen-bond acceptors (Lipinski definition) is 3. The third kappa shape index (κ3) is 7.08. The van der Waals surface area contributed by atoms with Gasteiger partial charge in [-0.1, -0.05) is 12.8 Å². The summed E-state index contributed by atoms with van der Waals surface area (Å²) < 4.78 is 0. The standard InChI is InChI=1S/C10H12O3/c1-2-9(12)5-3-4-6-10(13)7-8-11/h9,11-12H,2,7-8H2,1H3. The van der Waals surface area contributed by atoms with E-state index in [2.05, 4.69) is 23.7 Å². The predicted molar refractivity (Wildman–Crippen MR) is 48.6 cm³/mol. The lowest BCUT2D eigenvalue weighted by atomic mass is 10.3. The summed E-state index contributed by atoms with van der Waals surface area (Å²) >= 11 is 0. The van der Waals surface area contributed by atoms with Crippen molar-refractivity contribution in [1.29, 1.82) is 0 Å². The largest absolute Gasteiger partial charge is 0.396 e. The molecule has 0 bridgehead atoms. The maximum Gasteiger partial charge on any atom is 0.208 e. The van der Waals surface area contributed by atoms with E-state index in [-0.39, 0.29) is 18.8 Å². The molecular weight excluding hydrogens is 168 g/mol. The molecule has 0 heterocycles. The maximum absolute atomic E-state index is 10.7. The zero-order chi connectivity index (χ0) is 10.1. The van der Waals surface area contributed by atoms with Crippen LogP contribution in [-0.2, 0) is 4.79 Å². The summed E-state index contributed by atoms with van der Waals surface area (Å²) in [5.41, 5.74) is 0. The second kappa shape index (κ2) is 7.36. The van der Waals surface area contributed by atoms with Gasteiger partial charge in [-0.05, 0) is 24.2 Å². The fraction of sp³-hybridized carbons (Fsp3) is 0.500. The number of ketones is 1. The van der Waals surface area contributed by atoms with Gasteiger partial charge >= 0.3 is 0 Å². The summed E-state index contributed by atoms with van der Waals surface area (Å²) in [6, 6.07) is 0. The van der Waals surface area contributed by atoms with Crippen molar-refractivity contribution in [3.63, 3.8) is 0 Å². The minimum Gasteiger partial charge on any atom is -0.396 e. The third-order valence-electron chi connectivity index (χ3n) is 1.23. The lowest BCUT2D eigenvalue weighted by molar-refractivity contribution is -0.114. The Balaban J connectivity index is 3.95. The molecule has 13 heavy (non-hydrogen) atoms. The first kappa shape index (κ1) is 11.7. The number of Topliss-reactive ketones (excluding diaryl/α,β-unsaturated/α-hetero) is 1. The van der Waals surface area contributed by atoms with E-state index in [4.69, 9.17) is 10.2 Å². The molecule has 3 heteroatoms. The van der Waals surface area contributed by atoms with E-state index in [9.17, 15) is 4.79 Å². The van der Waals surface area contributed by atoms with Crippen molar-refractivity contribution in [3.8, 4) is 23.7 Å². The van der Waals surface area contributed by atoms with Crippen LogP contribution < -0.4 is 0 Å². The highest BCUT2D eigenvalue weighted by atomic mass is 16.3. The molecule has 0 saturated heterocycles. The highest BCUT2D eigenvalue weighted by Crippen LogP contribution is 1.84. The molecule has 0 aliphatic carbocycles. The van der Waals surface area contributed by atoms with Crippen molar-refractivity contribution in [1.82, 2.24) is 0 Å². The molecule has 0 aliphatic rings. The van der Waals surface area contributed by atoms with E-state index in [0.717, 1.165) is 0 Å². The van der Waals surface area contributed by atoms with Crippen LogP contribution in [0.25, 0.3) is 0 Å². The van der Waals surface area contributed by atoms with Crippen molar-refractivity contribution in [3.05, 3.63) is 0 Å². The van der Waals surface area contributed by atoms with Crippen molar-refractivity contribution in [2.45, 2.75) is 25.9 Å². The predicted octanol–water partition coefficient (Wildman–Crippen LogP) is -0.284. The van der Waals surface area contributed by atoms with Crippen LogP contribution in [0.15, 0.2) is 0 Å². The Kier molecular flexibility index (Phi) is 6.63. The second-order valence-electron chi connectivity index (χ2n) is 2.34. The van der Waals surface area contributed by atoms with Gasteiger partial charge in [-0.15, -0.1) is 0 Å². The van der Waals surface area contributed by atoms with Crippen LogP contribution in [0.1, 0.15) is 19.8 Å². The van der Waals surface area contributed by atoms with E-state index in [1.54, 1.807) is 6.92 Å². The topological polar surface area (TPSA) is 57.5 Å². The van der Waals surface area contributed by atoms with Crippen molar-refractivity contribution >= 4 is 5.78 Å². The Morgan fingerprint density at radius 1 is 1.46 bits per heavy atom. The molecule has 0 aliphatic heterocycles. The Labute approximate surface area is 77.8 Å². The van der Waals surface area contributed by atoms with Gasteiger partial charge in [0, 0.05) is 6.42 Å². The number of rotatable bonds is 3. The average Bonchev–Trinajstić information content (AvgIpc) is 2.12. The van der Waals surface area contributed by atoms with Crippen molar-refractivity contribution < 1.29 is 15.0 Å². The molecular formula is C10H12O3. The molecule has 0 radical (unpaired) electrons. The van der Waals surface area contributed by atoms with E-state index in [0.29, 0.717) is 6.42 Å². The molecule has 70 valence electrons. The van der Waals surface area contributed by atoms with Crippen molar-refractivity contribution in [2.75, 3.05) is 6.61 Å². The van der Waals surface area contributed by atoms with Gasteiger partial charge in [-0.25, -0.2) is 0 Å². The monoisotopic (exact) mass is 180 g/mol. The van der Waals surface area contributed by atoms with E-state index in [1.807, 2.05) is 0 Å². The molecule has 1 unspecified atom stereocenters. The number of aliphatic hydroxyl groups excluding tert-OH is 2. The van der Waals surface area contributed by atoms with E-state index < -0.39 is 6.10 Å². The summed E-state index contributed by atoms with van der Waals surface area (Å²) in [6.45, 7) is 1.60. The normalized spacial score (nSPS) is 10.4. The minimum absolute atomic E-state index is 0.0327. The zero-order valence-corrected chi connectivity index (χ0v) is 7.50. The zero-order valence-electron chi connectivity index (χ0n) is 7.50. The van der Waals surface area contributed by atoms with Gasteiger partial charge in [0.15, 0.2) is 0 Å². The summed E-state index contributed by atoms with van der Waals surface area (Å²) in [6.07, 6.45) is -0.105. The smallest absolute Gasteiger partial charge is 0.208 e. The number of aliphatic hydroxyl groups is 2. The lowest BCUT2D eigenvalue weighted by Gasteiger charge is -1.91. The van der Waals surface area contributed by atoms with Gasteiger partial charge in [0.25, 0.3) is 0 Å². The summed E-state index contributed by atoms with van der Waals surface area (Å²) in [7, 11) is 0. The first-order chi connectivity index (χ1) is 6.20. The first-order valence-electron chi connectivity index (χ1n) is 4.04. The Hall–Kier alpha value is -1.29. The van der Waals surface area contributed by atoms with Crippen LogP contribution in [0.2, 0.25) is 0 Å². The molecule has 0 aromatic carbocycles. The van der Waals surface area contributed by atoms with Gasteiger partial charge in [-0.2, -0.15) is 0 Å². The molecule has 0 spiro atoms. The summed E-state index contributed by atoms with van der Waals surface area (Å²) in [5, 5.41) is 17.3. The molecule has 0 fully saturated rings. The molecule has 0 amide bonds. The molecule has 0 saturated carbocycles. The Bertz CT molecular complexity index is 272. The Morgan fingerprint density at radius 2 is 2.15 bits per heavy atom. The maximum atomic E-state index is 10.7. The van der Waals surface area contributed by atoms with Crippen LogP contribution in [0.3, 0.4) is 0 Å². The summed E-state index contributed by atoms with van der Waals surface area (Å²) in [4.78, 5) is 10.7. The van der Waals surface area contributed by atoms with Crippen LogP contribution in [-0.4, -0.2) is 28.7 Å². The molecule has 1 atom stereocenters. The SMILES string of the molecule is CCC(O)C#CC#CC(=O)CCO. The third-order valence-corrected chi connectivity index (χ3v) is 1.23. The van der Waals surface area contributed by atoms with Crippen LogP contribution in [0.4, 0.5) is 0 Å². The van der Waals surface area contributed by atoms with E-state index in [1.165, 1.54) is 0 Å².